The van der Waals surface area contributed by atoms with Gasteiger partial charge in [0.1, 0.15) is 5.76 Å². The van der Waals surface area contributed by atoms with E-state index in [-0.39, 0.29) is 11.5 Å². The van der Waals surface area contributed by atoms with E-state index in [1.807, 2.05) is 6.07 Å². The average Bonchev–Trinajstić information content (AvgIpc) is 2.98. The molecule has 1 heterocycles. The molecule has 1 aliphatic rings. The molecule has 4 nitrogen and oxygen atoms in total. The van der Waals surface area contributed by atoms with Gasteiger partial charge in [-0.3, -0.25) is 4.90 Å². The summed E-state index contributed by atoms with van der Waals surface area (Å²) in [7, 11) is 4.19. The van der Waals surface area contributed by atoms with Gasteiger partial charge in [0, 0.05) is 24.6 Å². The minimum absolute atomic E-state index is 0.246. The van der Waals surface area contributed by atoms with Crippen LogP contribution >= 0.6 is 0 Å². The van der Waals surface area contributed by atoms with Gasteiger partial charge in [-0.2, -0.15) is 0 Å². The molecule has 0 aromatic carbocycles. The number of ether oxygens (including phenoxy) is 1. The number of hydrogen-bond donors (Lipinski definition) is 1. The van der Waals surface area contributed by atoms with Crippen molar-refractivity contribution in [1.29, 1.82) is 0 Å². The van der Waals surface area contributed by atoms with E-state index in [9.17, 15) is 0 Å². The Labute approximate surface area is 128 Å². The van der Waals surface area contributed by atoms with Gasteiger partial charge in [0.25, 0.3) is 0 Å². The van der Waals surface area contributed by atoms with Gasteiger partial charge in [-0.05, 0) is 46.0 Å². The first-order chi connectivity index (χ1) is 10.0. The fraction of sp³-hybridized carbons (Fsp3) is 0.765. The second-order valence-corrected chi connectivity index (χ2v) is 6.49. The number of rotatable bonds is 8. The second-order valence-electron chi connectivity index (χ2n) is 6.49. The van der Waals surface area contributed by atoms with Crippen molar-refractivity contribution < 1.29 is 9.15 Å². The van der Waals surface area contributed by atoms with E-state index in [0.29, 0.717) is 12.1 Å². The lowest BCUT2D eigenvalue weighted by molar-refractivity contribution is -0.126. The fourth-order valence-electron chi connectivity index (χ4n) is 3.34. The summed E-state index contributed by atoms with van der Waals surface area (Å²) in [5.41, 5.74) is 0.246. The summed E-state index contributed by atoms with van der Waals surface area (Å²) < 4.78 is 11.4. The Hall–Kier alpha value is -0.840. The summed E-state index contributed by atoms with van der Waals surface area (Å²) in [6.07, 6.45) is 4.39. The van der Waals surface area contributed by atoms with Crippen molar-refractivity contribution in [3.63, 3.8) is 0 Å². The Balaban J connectivity index is 1.93. The molecular formula is C17H30N2O2. The Morgan fingerprint density at radius 2 is 2.24 bits per heavy atom. The van der Waals surface area contributed by atoms with E-state index in [4.69, 9.17) is 9.15 Å². The van der Waals surface area contributed by atoms with Crippen molar-refractivity contribution in [2.45, 2.75) is 51.8 Å². The highest BCUT2D eigenvalue weighted by Crippen LogP contribution is 2.46. The maximum Gasteiger partial charge on any atom is 0.122 e. The highest BCUT2D eigenvalue weighted by Gasteiger charge is 2.50. The summed E-state index contributed by atoms with van der Waals surface area (Å²) in [6.45, 7) is 8.39. The number of nitrogens with zero attached hydrogens (tertiary/aromatic N) is 1. The summed E-state index contributed by atoms with van der Waals surface area (Å²) in [6, 6.07) is 4.80. The minimum Gasteiger partial charge on any atom is -0.468 e. The molecule has 1 aromatic heterocycles. The zero-order valence-corrected chi connectivity index (χ0v) is 14.1. The number of likely N-dealkylation sites (N-methyl/N-ethyl adjacent to an activating group) is 1. The predicted octanol–water partition coefficient (Wildman–Crippen LogP) is 3.07. The lowest BCUT2D eigenvalue weighted by Gasteiger charge is -2.54. The van der Waals surface area contributed by atoms with E-state index in [2.05, 4.69) is 51.1 Å². The van der Waals surface area contributed by atoms with Crippen LogP contribution in [0.1, 0.15) is 45.4 Å². The van der Waals surface area contributed by atoms with Gasteiger partial charge in [0.2, 0.25) is 0 Å². The molecule has 0 radical (unpaired) electrons. The first-order valence-corrected chi connectivity index (χ1v) is 8.07. The molecule has 1 aromatic rings. The molecule has 120 valence electrons. The van der Waals surface area contributed by atoms with Crippen molar-refractivity contribution in [3.05, 3.63) is 24.2 Å². The second kappa shape index (κ2) is 6.95. The van der Waals surface area contributed by atoms with Crippen molar-refractivity contribution in [2.24, 2.45) is 5.41 Å². The van der Waals surface area contributed by atoms with E-state index in [1.54, 1.807) is 6.26 Å². The van der Waals surface area contributed by atoms with Crippen LogP contribution in [0.3, 0.4) is 0 Å². The molecule has 0 spiro atoms. The average molecular weight is 294 g/mol. The number of nitrogens with one attached hydrogen (secondary N) is 1. The lowest BCUT2D eigenvalue weighted by atomic mass is 9.61. The molecule has 4 heteroatoms. The van der Waals surface area contributed by atoms with E-state index in [1.165, 1.54) is 0 Å². The topological polar surface area (TPSA) is 37.6 Å². The molecular weight excluding hydrogens is 264 g/mol. The Morgan fingerprint density at radius 1 is 1.48 bits per heavy atom. The smallest absolute Gasteiger partial charge is 0.122 e. The third-order valence-corrected chi connectivity index (χ3v) is 5.16. The maximum atomic E-state index is 5.87. The predicted molar refractivity (Wildman–Crippen MR) is 85.4 cm³/mol. The van der Waals surface area contributed by atoms with Crippen LogP contribution in [0.5, 0.6) is 0 Å². The molecule has 21 heavy (non-hydrogen) atoms. The summed E-state index contributed by atoms with van der Waals surface area (Å²) >= 11 is 0. The van der Waals surface area contributed by atoms with Crippen molar-refractivity contribution in [3.8, 4) is 0 Å². The van der Waals surface area contributed by atoms with E-state index >= 15 is 0 Å². The zero-order chi connectivity index (χ0) is 15.5. The van der Waals surface area contributed by atoms with Gasteiger partial charge in [0.15, 0.2) is 0 Å². The first-order valence-electron chi connectivity index (χ1n) is 8.07. The molecule has 1 fully saturated rings. The maximum absolute atomic E-state index is 5.87. The summed E-state index contributed by atoms with van der Waals surface area (Å²) in [4.78, 5) is 2.20. The van der Waals surface area contributed by atoms with Crippen LogP contribution in [0, 0.1) is 5.41 Å². The van der Waals surface area contributed by atoms with Gasteiger partial charge in [0.05, 0.1) is 18.4 Å². The molecule has 0 bridgehead atoms. The Morgan fingerprint density at radius 3 is 2.76 bits per heavy atom. The van der Waals surface area contributed by atoms with Crippen LogP contribution < -0.4 is 5.32 Å². The van der Waals surface area contributed by atoms with E-state index in [0.717, 1.165) is 31.8 Å². The fourth-order valence-corrected chi connectivity index (χ4v) is 3.34. The molecule has 1 aliphatic carbocycles. The van der Waals surface area contributed by atoms with Gasteiger partial charge in [-0.1, -0.05) is 13.8 Å². The molecule has 0 amide bonds. The molecule has 4 atom stereocenters. The van der Waals surface area contributed by atoms with Crippen LogP contribution in [0.25, 0.3) is 0 Å². The summed E-state index contributed by atoms with van der Waals surface area (Å²) in [5, 5.41) is 3.74. The SMILES string of the molecule is CCOC1CC(NCC(c2ccco2)N(C)C)C1(C)CC. The van der Waals surface area contributed by atoms with Gasteiger partial charge in [-0.25, -0.2) is 0 Å². The highest BCUT2D eigenvalue weighted by atomic mass is 16.5. The molecule has 1 N–H and O–H groups in total. The molecule has 2 rings (SSSR count). The van der Waals surface area contributed by atoms with Crippen LogP contribution in [0.15, 0.2) is 22.8 Å². The van der Waals surface area contributed by atoms with Crippen LogP contribution in [-0.4, -0.2) is 44.3 Å². The Kier molecular flexibility index (Phi) is 5.47. The van der Waals surface area contributed by atoms with Crippen LogP contribution in [0.2, 0.25) is 0 Å². The number of furan rings is 1. The normalized spacial score (nSPS) is 30.4. The van der Waals surface area contributed by atoms with Gasteiger partial charge < -0.3 is 14.5 Å². The third kappa shape index (κ3) is 3.33. The van der Waals surface area contributed by atoms with Gasteiger partial charge >= 0.3 is 0 Å². The molecule has 0 saturated heterocycles. The van der Waals surface area contributed by atoms with Crippen molar-refractivity contribution >= 4 is 0 Å². The van der Waals surface area contributed by atoms with Crippen molar-refractivity contribution in [1.82, 2.24) is 10.2 Å². The van der Waals surface area contributed by atoms with E-state index < -0.39 is 0 Å². The zero-order valence-electron chi connectivity index (χ0n) is 14.1. The minimum atomic E-state index is 0.246. The van der Waals surface area contributed by atoms with Crippen LogP contribution in [-0.2, 0) is 4.74 Å². The van der Waals surface area contributed by atoms with Gasteiger partial charge in [-0.15, -0.1) is 0 Å². The van der Waals surface area contributed by atoms with Crippen LogP contribution in [0.4, 0.5) is 0 Å². The largest absolute Gasteiger partial charge is 0.468 e. The summed E-state index contributed by atoms with van der Waals surface area (Å²) in [5.74, 6) is 1.02. The monoisotopic (exact) mass is 294 g/mol. The molecule has 0 aliphatic heterocycles. The first kappa shape index (κ1) is 16.5. The lowest BCUT2D eigenvalue weighted by Crippen LogP contribution is -2.62. The standard InChI is InChI=1S/C17H30N2O2/c1-6-17(3)15(11-16(17)20-7-2)18-12-13(19(4)5)14-9-8-10-21-14/h8-10,13,15-16,18H,6-7,11-12H2,1-5H3. The molecule has 1 saturated carbocycles. The molecule has 4 unspecified atom stereocenters. The third-order valence-electron chi connectivity index (χ3n) is 5.16. The van der Waals surface area contributed by atoms with Crippen molar-refractivity contribution in [2.75, 3.05) is 27.2 Å². The Bertz CT molecular complexity index is 418. The quantitative estimate of drug-likeness (QED) is 0.799. The number of hydrogen-bond acceptors (Lipinski definition) is 4. The highest BCUT2D eigenvalue weighted by molar-refractivity contribution is 5.08.